The number of anilines is 1. The Bertz CT molecular complexity index is 1250. The third-order valence-electron chi connectivity index (χ3n) is 4.77. The Hall–Kier alpha value is -3.67. The molecule has 164 valence electrons. The van der Waals surface area contributed by atoms with Gasteiger partial charge in [-0.1, -0.05) is 38.1 Å². The van der Waals surface area contributed by atoms with E-state index >= 15 is 0 Å². The maximum atomic E-state index is 13.0. The minimum absolute atomic E-state index is 0.0442. The number of para-hydroxylation sites is 1. The van der Waals surface area contributed by atoms with Crippen molar-refractivity contribution in [3.8, 4) is 17.6 Å². The molecular formula is C24H23N3O4S. The first kappa shape index (κ1) is 23.0. The first-order valence-corrected chi connectivity index (χ1v) is 11.5. The molecule has 32 heavy (non-hydrogen) atoms. The minimum Gasteiger partial charge on any atom is -0.455 e. The number of nitrogens with zero attached hydrogens (tertiary/aromatic N) is 2. The molecule has 0 aromatic heterocycles. The minimum atomic E-state index is -3.74. The molecule has 0 saturated carbocycles. The highest BCUT2D eigenvalue weighted by Crippen LogP contribution is 2.33. The summed E-state index contributed by atoms with van der Waals surface area (Å²) in [6, 6.07) is 21.6. The fourth-order valence-corrected chi connectivity index (χ4v) is 4.59. The van der Waals surface area contributed by atoms with Crippen molar-refractivity contribution in [2.24, 2.45) is 0 Å². The van der Waals surface area contributed by atoms with E-state index in [1.165, 1.54) is 28.6 Å². The Labute approximate surface area is 187 Å². The first-order chi connectivity index (χ1) is 15.4. The van der Waals surface area contributed by atoms with E-state index in [2.05, 4.69) is 5.32 Å². The van der Waals surface area contributed by atoms with Crippen LogP contribution in [0.2, 0.25) is 0 Å². The monoisotopic (exact) mass is 449 g/mol. The molecule has 0 spiro atoms. The predicted molar refractivity (Wildman–Crippen MR) is 122 cm³/mol. The van der Waals surface area contributed by atoms with Gasteiger partial charge in [0.1, 0.15) is 5.75 Å². The average molecular weight is 450 g/mol. The van der Waals surface area contributed by atoms with Gasteiger partial charge >= 0.3 is 0 Å². The Kier molecular flexibility index (Phi) is 7.25. The molecule has 1 amide bonds. The average Bonchev–Trinajstić information content (AvgIpc) is 2.81. The number of nitriles is 1. The van der Waals surface area contributed by atoms with Crippen LogP contribution in [0.1, 0.15) is 29.8 Å². The van der Waals surface area contributed by atoms with Crippen molar-refractivity contribution < 1.29 is 17.9 Å². The lowest BCUT2D eigenvalue weighted by Crippen LogP contribution is -2.30. The van der Waals surface area contributed by atoms with E-state index in [0.717, 1.165) is 0 Å². The van der Waals surface area contributed by atoms with E-state index in [-0.39, 0.29) is 16.1 Å². The van der Waals surface area contributed by atoms with Gasteiger partial charge < -0.3 is 10.1 Å². The van der Waals surface area contributed by atoms with Crippen LogP contribution < -0.4 is 10.1 Å². The van der Waals surface area contributed by atoms with E-state index in [0.29, 0.717) is 30.2 Å². The molecule has 0 saturated heterocycles. The molecule has 1 N–H and O–H groups in total. The van der Waals surface area contributed by atoms with Crippen molar-refractivity contribution in [3.05, 3.63) is 83.9 Å². The van der Waals surface area contributed by atoms with Gasteiger partial charge in [0.25, 0.3) is 5.91 Å². The van der Waals surface area contributed by atoms with Gasteiger partial charge in [0.15, 0.2) is 5.75 Å². The molecule has 3 aromatic carbocycles. The number of carbonyl (C=O) groups is 1. The Morgan fingerprint density at radius 1 is 1.00 bits per heavy atom. The Morgan fingerprint density at radius 3 is 2.38 bits per heavy atom. The molecule has 0 aliphatic rings. The highest BCUT2D eigenvalue weighted by atomic mass is 32.2. The molecule has 0 unspecified atom stereocenters. The Balaban J connectivity index is 2.02. The lowest BCUT2D eigenvalue weighted by Gasteiger charge is -2.20. The quantitative estimate of drug-likeness (QED) is 0.540. The van der Waals surface area contributed by atoms with Crippen LogP contribution in [-0.2, 0) is 10.0 Å². The van der Waals surface area contributed by atoms with Gasteiger partial charge in [0, 0.05) is 18.7 Å². The van der Waals surface area contributed by atoms with Gasteiger partial charge in [0.05, 0.1) is 22.2 Å². The van der Waals surface area contributed by atoms with E-state index < -0.39 is 15.9 Å². The number of amides is 1. The van der Waals surface area contributed by atoms with Gasteiger partial charge in [-0.2, -0.15) is 9.57 Å². The number of nitrogens with one attached hydrogen (secondary N) is 1. The van der Waals surface area contributed by atoms with Crippen LogP contribution in [0.5, 0.6) is 11.5 Å². The lowest BCUT2D eigenvalue weighted by molar-refractivity contribution is 0.102. The van der Waals surface area contributed by atoms with Gasteiger partial charge in [0.2, 0.25) is 10.0 Å². The zero-order valence-electron chi connectivity index (χ0n) is 17.8. The first-order valence-electron chi connectivity index (χ1n) is 10.1. The fourth-order valence-electron chi connectivity index (χ4n) is 3.11. The third kappa shape index (κ3) is 5.14. The summed E-state index contributed by atoms with van der Waals surface area (Å²) in [6.07, 6.45) is 0. The zero-order chi connectivity index (χ0) is 23.1. The van der Waals surface area contributed by atoms with E-state index in [9.17, 15) is 13.2 Å². The van der Waals surface area contributed by atoms with Crippen molar-refractivity contribution in [3.63, 3.8) is 0 Å². The van der Waals surface area contributed by atoms with Crippen LogP contribution in [-0.4, -0.2) is 31.7 Å². The van der Waals surface area contributed by atoms with Gasteiger partial charge in [-0.3, -0.25) is 4.79 Å². The van der Waals surface area contributed by atoms with Crippen molar-refractivity contribution in [2.75, 3.05) is 18.4 Å². The molecule has 0 aliphatic carbocycles. The van der Waals surface area contributed by atoms with Gasteiger partial charge in [-0.15, -0.1) is 0 Å². The second-order valence-electron chi connectivity index (χ2n) is 6.81. The highest BCUT2D eigenvalue weighted by molar-refractivity contribution is 7.89. The van der Waals surface area contributed by atoms with Crippen LogP contribution in [0.4, 0.5) is 5.69 Å². The van der Waals surface area contributed by atoms with Crippen molar-refractivity contribution in [2.45, 2.75) is 18.7 Å². The van der Waals surface area contributed by atoms with Crippen LogP contribution in [0.15, 0.2) is 77.7 Å². The number of benzene rings is 3. The summed E-state index contributed by atoms with van der Waals surface area (Å²) in [7, 11) is -3.74. The number of hydrogen-bond donors (Lipinski definition) is 1. The largest absolute Gasteiger partial charge is 0.455 e. The summed E-state index contributed by atoms with van der Waals surface area (Å²) in [6.45, 7) is 4.17. The molecule has 0 heterocycles. The predicted octanol–water partition coefficient (Wildman–Crippen LogP) is 4.63. The highest BCUT2D eigenvalue weighted by Gasteiger charge is 2.23. The molecule has 0 aliphatic heterocycles. The number of ether oxygens (including phenoxy) is 1. The Morgan fingerprint density at radius 2 is 1.72 bits per heavy atom. The van der Waals surface area contributed by atoms with E-state index in [4.69, 9.17) is 10.00 Å². The summed E-state index contributed by atoms with van der Waals surface area (Å²) in [5.41, 5.74) is 0.817. The molecule has 0 bridgehead atoms. The van der Waals surface area contributed by atoms with Crippen molar-refractivity contribution in [1.82, 2.24) is 4.31 Å². The fraction of sp³-hybridized carbons (Fsp3) is 0.167. The number of hydrogen-bond acceptors (Lipinski definition) is 5. The van der Waals surface area contributed by atoms with Crippen molar-refractivity contribution >= 4 is 21.6 Å². The molecule has 0 fully saturated rings. The molecule has 8 heteroatoms. The van der Waals surface area contributed by atoms with E-state index in [1.807, 2.05) is 12.1 Å². The van der Waals surface area contributed by atoms with Crippen LogP contribution in [0.25, 0.3) is 0 Å². The molecule has 0 radical (unpaired) electrons. The smallest absolute Gasteiger partial charge is 0.255 e. The second kappa shape index (κ2) is 10.1. The summed E-state index contributed by atoms with van der Waals surface area (Å²) >= 11 is 0. The van der Waals surface area contributed by atoms with Gasteiger partial charge in [-0.25, -0.2) is 8.42 Å². The topological polar surface area (TPSA) is 99.5 Å². The number of sulfonamides is 1. The molecule has 0 atom stereocenters. The van der Waals surface area contributed by atoms with Gasteiger partial charge in [-0.05, 0) is 48.5 Å². The van der Waals surface area contributed by atoms with Crippen LogP contribution >= 0.6 is 0 Å². The molecule has 3 aromatic rings. The summed E-state index contributed by atoms with van der Waals surface area (Å²) < 4.78 is 33.2. The normalized spacial score (nSPS) is 11.1. The maximum absolute atomic E-state index is 13.0. The van der Waals surface area contributed by atoms with Crippen LogP contribution in [0, 0.1) is 11.3 Å². The molecular weight excluding hydrogens is 426 g/mol. The molecule has 3 rings (SSSR count). The summed E-state index contributed by atoms with van der Waals surface area (Å²) in [4.78, 5) is 12.9. The second-order valence-corrected chi connectivity index (χ2v) is 8.75. The standard InChI is InChI=1S/C24H23N3O4S/c1-3-27(4-2)32(29,30)21-13-14-23(31-20-11-6-5-7-12-20)22(16-21)26-24(28)19-10-8-9-18(15-19)17-25/h5-16H,3-4H2,1-2H3,(H,26,28). The van der Waals surface area contributed by atoms with Crippen molar-refractivity contribution in [1.29, 1.82) is 5.26 Å². The summed E-state index contributed by atoms with van der Waals surface area (Å²) in [5, 5.41) is 11.8. The summed E-state index contributed by atoms with van der Waals surface area (Å²) in [5.74, 6) is 0.339. The SMILES string of the molecule is CCN(CC)S(=O)(=O)c1ccc(Oc2ccccc2)c(NC(=O)c2cccc(C#N)c2)c1. The number of carbonyl (C=O) groups excluding carboxylic acids is 1. The molecule has 7 nitrogen and oxygen atoms in total. The third-order valence-corrected chi connectivity index (χ3v) is 6.81. The van der Waals surface area contributed by atoms with Crippen LogP contribution in [0.3, 0.4) is 0 Å². The maximum Gasteiger partial charge on any atom is 0.255 e. The number of rotatable bonds is 8. The zero-order valence-corrected chi connectivity index (χ0v) is 18.6. The lowest BCUT2D eigenvalue weighted by atomic mass is 10.1. The van der Waals surface area contributed by atoms with E-state index in [1.54, 1.807) is 56.3 Å².